The molecule has 0 aliphatic rings. The van der Waals surface area contributed by atoms with Crippen LogP contribution in [0.4, 0.5) is 0 Å². The van der Waals surface area contributed by atoms with Crippen LogP contribution in [-0.4, -0.2) is 5.11 Å². The van der Waals surface area contributed by atoms with Crippen LogP contribution < -0.4 is 5.32 Å². The zero-order chi connectivity index (χ0) is 13.8. The van der Waals surface area contributed by atoms with Crippen molar-refractivity contribution in [3.8, 4) is 5.75 Å². The minimum absolute atomic E-state index is 0.105. The van der Waals surface area contributed by atoms with E-state index in [0.29, 0.717) is 11.6 Å². The first-order chi connectivity index (χ1) is 9.06. The molecule has 2 N–H and O–H groups in total. The van der Waals surface area contributed by atoms with Gasteiger partial charge in [0.25, 0.3) is 0 Å². The molecule has 0 saturated heterocycles. The SMILES string of the molecule is C[C@@H](NCc1ccc(O)c(Cl)c1)c1cccc(Cl)c1. The van der Waals surface area contributed by atoms with Crippen LogP contribution in [0.1, 0.15) is 24.1 Å². The molecule has 0 spiro atoms. The molecule has 2 aromatic carbocycles. The van der Waals surface area contributed by atoms with Crippen molar-refractivity contribution in [2.24, 2.45) is 0 Å². The van der Waals surface area contributed by atoms with Crippen LogP contribution >= 0.6 is 23.2 Å². The van der Waals surface area contributed by atoms with Gasteiger partial charge in [0, 0.05) is 17.6 Å². The zero-order valence-electron chi connectivity index (χ0n) is 10.5. The number of aromatic hydroxyl groups is 1. The van der Waals surface area contributed by atoms with Crippen LogP contribution in [-0.2, 0) is 6.54 Å². The molecular weight excluding hydrogens is 281 g/mol. The number of hydrogen-bond acceptors (Lipinski definition) is 2. The Balaban J connectivity index is 2.00. The molecule has 0 heterocycles. The summed E-state index contributed by atoms with van der Waals surface area (Å²) in [4.78, 5) is 0. The van der Waals surface area contributed by atoms with Gasteiger partial charge in [0.1, 0.15) is 5.75 Å². The maximum Gasteiger partial charge on any atom is 0.134 e. The van der Waals surface area contributed by atoms with Crippen LogP contribution in [0.25, 0.3) is 0 Å². The molecule has 0 saturated carbocycles. The summed E-state index contributed by atoms with van der Waals surface area (Å²) in [6.45, 7) is 2.75. The fourth-order valence-corrected chi connectivity index (χ4v) is 2.23. The van der Waals surface area contributed by atoms with E-state index < -0.39 is 0 Å². The summed E-state index contributed by atoms with van der Waals surface area (Å²) >= 11 is 11.8. The lowest BCUT2D eigenvalue weighted by atomic mass is 10.1. The van der Waals surface area contributed by atoms with E-state index in [0.717, 1.165) is 16.1 Å². The molecule has 0 radical (unpaired) electrons. The Hall–Kier alpha value is -1.22. The molecule has 0 amide bonds. The van der Waals surface area contributed by atoms with Crippen molar-refractivity contribution in [3.05, 3.63) is 63.6 Å². The summed E-state index contributed by atoms with van der Waals surface area (Å²) in [5, 5.41) is 13.9. The Morgan fingerprint density at radius 1 is 1.16 bits per heavy atom. The molecule has 100 valence electrons. The molecule has 0 aromatic heterocycles. The van der Waals surface area contributed by atoms with Crippen molar-refractivity contribution in [1.82, 2.24) is 5.32 Å². The summed E-state index contributed by atoms with van der Waals surface area (Å²) in [5.74, 6) is 0.105. The number of benzene rings is 2. The van der Waals surface area contributed by atoms with E-state index in [2.05, 4.69) is 12.2 Å². The van der Waals surface area contributed by atoms with E-state index in [4.69, 9.17) is 23.2 Å². The van der Waals surface area contributed by atoms with Gasteiger partial charge in [-0.25, -0.2) is 0 Å². The highest BCUT2D eigenvalue weighted by molar-refractivity contribution is 6.32. The summed E-state index contributed by atoms with van der Waals surface area (Å²) in [7, 11) is 0. The fourth-order valence-electron chi connectivity index (χ4n) is 1.83. The molecule has 2 nitrogen and oxygen atoms in total. The summed E-state index contributed by atoms with van der Waals surface area (Å²) in [6, 6.07) is 13.2. The molecule has 1 atom stereocenters. The lowest BCUT2D eigenvalue weighted by Crippen LogP contribution is -2.17. The van der Waals surface area contributed by atoms with E-state index in [-0.39, 0.29) is 11.8 Å². The highest BCUT2D eigenvalue weighted by Crippen LogP contribution is 2.24. The van der Waals surface area contributed by atoms with E-state index >= 15 is 0 Å². The predicted molar refractivity (Wildman–Crippen MR) is 79.8 cm³/mol. The van der Waals surface area contributed by atoms with Gasteiger partial charge < -0.3 is 10.4 Å². The fraction of sp³-hybridized carbons (Fsp3) is 0.200. The second kappa shape index (κ2) is 6.29. The quantitative estimate of drug-likeness (QED) is 0.867. The van der Waals surface area contributed by atoms with Gasteiger partial charge in [0.15, 0.2) is 0 Å². The minimum Gasteiger partial charge on any atom is -0.506 e. The summed E-state index contributed by atoms with van der Waals surface area (Å²) in [6.07, 6.45) is 0. The van der Waals surface area contributed by atoms with Crippen molar-refractivity contribution in [1.29, 1.82) is 0 Å². The van der Waals surface area contributed by atoms with Gasteiger partial charge in [-0.05, 0) is 42.3 Å². The van der Waals surface area contributed by atoms with Gasteiger partial charge in [0.05, 0.1) is 5.02 Å². The maximum absolute atomic E-state index is 9.36. The third-order valence-electron chi connectivity index (χ3n) is 2.97. The second-order valence-corrected chi connectivity index (χ2v) is 5.29. The standard InChI is InChI=1S/C15H15Cl2NO/c1-10(12-3-2-4-13(16)8-12)18-9-11-5-6-15(19)14(17)7-11/h2-8,10,18-19H,9H2,1H3/t10-/m1/s1. The number of halogens is 2. The Bertz CT molecular complexity index is 572. The van der Waals surface area contributed by atoms with E-state index in [1.54, 1.807) is 12.1 Å². The number of phenols is 1. The van der Waals surface area contributed by atoms with Gasteiger partial charge in [-0.2, -0.15) is 0 Å². The van der Waals surface area contributed by atoms with Crippen LogP contribution in [0.2, 0.25) is 10.0 Å². The molecule has 0 aliphatic carbocycles. The Labute approximate surface area is 123 Å². The molecule has 2 rings (SSSR count). The van der Waals surface area contributed by atoms with Crippen molar-refractivity contribution in [2.75, 3.05) is 0 Å². The minimum atomic E-state index is 0.105. The van der Waals surface area contributed by atoms with Gasteiger partial charge in [-0.1, -0.05) is 41.4 Å². The first-order valence-corrected chi connectivity index (χ1v) is 6.78. The highest BCUT2D eigenvalue weighted by atomic mass is 35.5. The highest BCUT2D eigenvalue weighted by Gasteiger charge is 2.06. The van der Waals surface area contributed by atoms with E-state index in [1.807, 2.05) is 30.3 Å². The molecule has 0 bridgehead atoms. The van der Waals surface area contributed by atoms with Crippen LogP contribution in [0.3, 0.4) is 0 Å². The molecule has 0 fully saturated rings. The van der Waals surface area contributed by atoms with Gasteiger partial charge >= 0.3 is 0 Å². The third-order valence-corrected chi connectivity index (χ3v) is 3.51. The Morgan fingerprint density at radius 2 is 1.95 bits per heavy atom. The number of phenolic OH excluding ortho intramolecular Hbond substituents is 1. The van der Waals surface area contributed by atoms with Crippen molar-refractivity contribution in [2.45, 2.75) is 19.5 Å². The topological polar surface area (TPSA) is 32.3 Å². The van der Waals surface area contributed by atoms with Crippen LogP contribution in [0.15, 0.2) is 42.5 Å². The van der Waals surface area contributed by atoms with Crippen molar-refractivity contribution < 1.29 is 5.11 Å². The first-order valence-electron chi connectivity index (χ1n) is 6.02. The first kappa shape index (κ1) is 14.2. The molecule has 0 aliphatic heterocycles. The molecular formula is C15H15Cl2NO. The molecule has 4 heteroatoms. The molecule has 0 unspecified atom stereocenters. The van der Waals surface area contributed by atoms with Crippen molar-refractivity contribution in [3.63, 3.8) is 0 Å². The molecule has 19 heavy (non-hydrogen) atoms. The van der Waals surface area contributed by atoms with Crippen molar-refractivity contribution >= 4 is 23.2 Å². The van der Waals surface area contributed by atoms with Gasteiger partial charge in [-0.15, -0.1) is 0 Å². The summed E-state index contributed by atoms with van der Waals surface area (Å²) in [5.41, 5.74) is 2.16. The smallest absolute Gasteiger partial charge is 0.134 e. The third kappa shape index (κ3) is 3.87. The largest absolute Gasteiger partial charge is 0.506 e. The number of rotatable bonds is 4. The van der Waals surface area contributed by atoms with E-state index in [1.165, 1.54) is 0 Å². The second-order valence-electron chi connectivity index (χ2n) is 4.44. The normalized spacial score (nSPS) is 12.4. The van der Waals surface area contributed by atoms with Gasteiger partial charge in [0.2, 0.25) is 0 Å². The maximum atomic E-state index is 9.36. The summed E-state index contributed by atoms with van der Waals surface area (Å²) < 4.78 is 0. The average molecular weight is 296 g/mol. The number of hydrogen-bond donors (Lipinski definition) is 2. The van der Waals surface area contributed by atoms with Gasteiger partial charge in [-0.3, -0.25) is 0 Å². The lowest BCUT2D eigenvalue weighted by molar-refractivity contribution is 0.475. The van der Waals surface area contributed by atoms with E-state index in [9.17, 15) is 5.11 Å². The Morgan fingerprint density at radius 3 is 2.63 bits per heavy atom. The Kier molecular flexibility index (Phi) is 4.70. The molecule has 2 aromatic rings. The van der Waals surface area contributed by atoms with Crippen LogP contribution in [0.5, 0.6) is 5.75 Å². The zero-order valence-corrected chi connectivity index (χ0v) is 12.0. The van der Waals surface area contributed by atoms with Crippen LogP contribution in [0, 0.1) is 0 Å². The lowest BCUT2D eigenvalue weighted by Gasteiger charge is -2.15. The predicted octanol–water partition coefficient (Wildman–Crippen LogP) is 4.55. The average Bonchev–Trinajstić information content (AvgIpc) is 2.40. The monoisotopic (exact) mass is 295 g/mol. The number of nitrogens with one attached hydrogen (secondary N) is 1.